The number of hydrogen-bond donors (Lipinski definition) is 0. The Kier molecular flexibility index (Phi) is 3.31. The summed E-state index contributed by atoms with van der Waals surface area (Å²) in [4.78, 5) is 12.5. The first-order valence-electron chi connectivity index (χ1n) is 3.99. The molecule has 1 aromatic rings. The van der Waals surface area contributed by atoms with Gasteiger partial charge < -0.3 is 9.64 Å². The number of nitrogens with zero attached hydrogens (tertiary/aromatic N) is 4. The number of aromatic nitrogens is 2. The van der Waals surface area contributed by atoms with Gasteiger partial charge in [0, 0.05) is 21.1 Å². The summed E-state index contributed by atoms with van der Waals surface area (Å²) in [5, 5.41) is 12.6. The lowest BCUT2D eigenvalue weighted by molar-refractivity contribution is 0.169. The van der Waals surface area contributed by atoms with Crippen LogP contribution in [0.25, 0.3) is 0 Å². The normalized spacial score (nSPS) is 9.53. The summed E-state index contributed by atoms with van der Waals surface area (Å²) in [5.74, 6) is 0.0905. The molecule has 0 spiro atoms. The Labute approximate surface area is 95.2 Å². The van der Waals surface area contributed by atoms with Crippen LogP contribution in [0.4, 0.5) is 4.79 Å². The molecule has 0 saturated heterocycles. The van der Waals surface area contributed by atoms with E-state index < -0.39 is 6.09 Å². The van der Waals surface area contributed by atoms with Gasteiger partial charge in [0.15, 0.2) is 5.69 Å². The number of rotatable bonds is 1. The molecule has 6 nitrogen and oxygen atoms in total. The predicted octanol–water partition coefficient (Wildman–Crippen LogP) is 1.11. The second kappa shape index (κ2) is 4.31. The van der Waals surface area contributed by atoms with Crippen LogP contribution < -0.4 is 4.74 Å². The fourth-order valence-corrected chi connectivity index (χ4v) is 1.34. The maximum atomic E-state index is 11.2. The van der Waals surface area contributed by atoms with Crippen molar-refractivity contribution in [2.75, 3.05) is 14.1 Å². The van der Waals surface area contributed by atoms with E-state index in [1.54, 1.807) is 21.1 Å². The molecule has 0 N–H and O–H groups in total. The summed E-state index contributed by atoms with van der Waals surface area (Å²) in [5.41, 5.74) is 0.302. The zero-order chi connectivity index (χ0) is 11.6. The minimum atomic E-state index is -0.543. The van der Waals surface area contributed by atoms with Crippen molar-refractivity contribution >= 4 is 22.0 Å². The molecule has 1 aromatic heterocycles. The molecule has 0 radical (unpaired) electrons. The Morgan fingerprint density at radius 3 is 2.67 bits per heavy atom. The molecule has 0 fully saturated rings. The number of aryl methyl sites for hydroxylation is 1. The van der Waals surface area contributed by atoms with E-state index in [1.807, 2.05) is 6.07 Å². The van der Waals surface area contributed by atoms with Crippen molar-refractivity contribution in [2.45, 2.75) is 0 Å². The number of amides is 1. The molecular formula is C8H9BrN4O2. The van der Waals surface area contributed by atoms with Gasteiger partial charge in [-0.25, -0.2) is 4.79 Å². The van der Waals surface area contributed by atoms with Crippen LogP contribution >= 0.6 is 15.9 Å². The highest BCUT2D eigenvalue weighted by Gasteiger charge is 2.18. The maximum Gasteiger partial charge on any atom is 0.416 e. The highest BCUT2D eigenvalue weighted by molar-refractivity contribution is 9.10. The first-order chi connectivity index (χ1) is 6.97. The molecular weight excluding hydrogens is 264 g/mol. The van der Waals surface area contributed by atoms with E-state index in [-0.39, 0.29) is 5.88 Å². The summed E-state index contributed by atoms with van der Waals surface area (Å²) in [6, 6.07) is 1.94. The summed E-state index contributed by atoms with van der Waals surface area (Å²) < 4.78 is 6.64. The van der Waals surface area contributed by atoms with Gasteiger partial charge in [-0.3, -0.25) is 4.68 Å². The third kappa shape index (κ3) is 2.27. The fourth-order valence-electron chi connectivity index (χ4n) is 0.834. The van der Waals surface area contributed by atoms with Crippen LogP contribution in [0.15, 0.2) is 4.47 Å². The molecule has 80 valence electrons. The van der Waals surface area contributed by atoms with Crippen LogP contribution in [0.3, 0.4) is 0 Å². The Morgan fingerprint density at radius 1 is 1.67 bits per heavy atom. The van der Waals surface area contributed by atoms with E-state index in [2.05, 4.69) is 21.0 Å². The molecule has 0 saturated carbocycles. The summed E-state index contributed by atoms with van der Waals surface area (Å²) >= 11 is 3.14. The van der Waals surface area contributed by atoms with Crippen LogP contribution in [0.1, 0.15) is 5.69 Å². The highest BCUT2D eigenvalue weighted by atomic mass is 79.9. The summed E-state index contributed by atoms with van der Waals surface area (Å²) in [6.45, 7) is 0. The molecule has 1 amide bonds. The van der Waals surface area contributed by atoms with Gasteiger partial charge in [0.2, 0.25) is 0 Å². The molecule has 1 heterocycles. The van der Waals surface area contributed by atoms with Crippen molar-refractivity contribution < 1.29 is 9.53 Å². The van der Waals surface area contributed by atoms with Crippen LogP contribution in [0.5, 0.6) is 5.88 Å². The van der Waals surface area contributed by atoms with Gasteiger partial charge in [0.25, 0.3) is 5.88 Å². The lowest BCUT2D eigenvalue weighted by Gasteiger charge is -2.08. The molecule has 0 aromatic carbocycles. The van der Waals surface area contributed by atoms with Gasteiger partial charge in [0.05, 0.1) is 0 Å². The average molecular weight is 273 g/mol. The van der Waals surface area contributed by atoms with Gasteiger partial charge in [-0.05, 0) is 15.9 Å². The zero-order valence-corrected chi connectivity index (χ0v) is 10.1. The number of hydrogen-bond acceptors (Lipinski definition) is 4. The fraction of sp³-hybridized carbons (Fsp3) is 0.375. The van der Waals surface area contributed by atoms with Crippen molar-refractivity contribution in [3.8, 4) is 11.9 Å². The Morgan fingerprint density at radius 2 is 2.27 bits per heavy atom. The number of halogens is 1. The topological polar surface area (TPSA) is 71.2 Å². The third-order valence-electron chi connectivity index (χ3n) is 1.62. The second-order valence-corrected chi connectivity index (χ2v) is 3.76. The van der Waals surface area contributed by atoms with E-state index >= 15 is 0 Å². The van der Waals surface area contributed by atoms with Gasteiger partial charge in [-0.1, -0.05) is 0 Å². The smallest absolute Gasteiger partial charge is 0.388 e. The molecule has 0 aliphatic heterocycles. The van der Waals surface area contributed by atoms with E-state index in [0.29, 0.717) is 10.2 Å². The van der Waals surface area contributed by atoms with Crippen LogP contribution in [0, 0.1) is 11.3 Å². The molecule has 15 heavy (non-hydrogen) atoms. The van der Waals surface area contributed by atoms with Crippen LogP contribution in [0.2, 0.25) is 0 Å². The van der Waals surface area contributed by atoms with Gasteiger partial charge in [-0.15, -0.1) is 5.10 Å². The average Bonchev–Trinajstić information content (AvgIpc) is 2.41. The van der Waals surface area contributed by atoms with E-state index in [0.717, 1.165) is 0 Å². The second-order valence-electron chi connectivity index (χ2n) is 2.97. The summed E-state index contributed by atoms with van der Waals surface area (Å²) in [6.07, 6.45) is -0.543. The van der Waals surface area contributed by atoms with Crippen LogP contribution in [-0.4, -0.2) is 34.9 Å². The van der Waals surface area contributed by atoms with E-state index in [4.69, 9.17) is 10.00 Å². The van der Waals surface area contributed by atoms with E-state index in [1.165, 1.54) is 9.58 Å². The maximum absolute atomic E-state index is 11.2. The molecule has 0 aliphatic carbocycles. The Hall–Kier alpha value is -1.55. The number of ether oxygens (including phenoxy) is 1. The van der Waals surface area contributed by atoms with E-state index in [9.17, 15) is 4.79 Å². The van der Waals surface area contributed by atoms with Gasteiger partial charge in [0.1, 0.15) is 10.5 Å². The van der Waals surface area contributed by atoms with Gasteiger partial charge >= 0.3 is 6.09 Å². The monoisotopic (exact) mass is 272 g/mol. The number of nitriles is 1. The quantitative estimate of drug-likeness (QED) is 0.768. The van der Waals surface area contributed by atoms with Gasteiger partial charge in [-0.2, -0.15) is 5.26 Å². The Balaban J connectivity index is 2.98. The SMILES string of the molecule is CN(C)C(=O)Oc1nn(C)c(C#N)c1Br. The molecule has 0 bridgehead atoms. The highest BCUT2D eigenvalue weighted by Crippen LogP contribution is 2.27. The van der Waals surface area contributed by atoms with Crippen molar-refractivity contribution in [2.24, 2.45) is 7.05 Å². The molecule has 0 aliphatic rings. The standard InChI is InChI=1S/C8H9BrN4O2/c1-12(2)8(14)15-7-6(9)5(4-10)13(3)11-7/h1-3H3. The first kappa shape index (κ1) is 11.5. The van der Waals surface area contributed by atoms with Crippen molar-refractivity contribution in [1.82, 2.24) is 14.7 Å². The largest absolute Gasteiger partial charge is 0.416 e. The summed E-state index contributed by atoms with van der Waals surface area (Å²) in [7, 11) is 4.71. The minimum Gasteiger partial charge on any atom is -0.388 e. The Bertz CT molecular complexity index is 433. The van der Waals surface area contributed by atoms with Crippen molar-refractivity contribution in [3.63, 3.8) is 0 Å². The number of carbonyl (C=O) groups excluding carboxylic acids is 1. The first-order valence-corrected chi connectivity index (χ1v) is 4.78. The zero-order valence-electron chi connectivity index (χ0n) is 8.48. The minimum absolute atomic E-state index is 0.0905. The molecule has 0 unspecified atom stereocenters. The van der Waals surface area contributed by atoms with Crippen molar-refractivity contribution in [3.05, 3.63) is 10.2 Å². The van der Waals surface area contributed by atoms with Crippen molar-refractivity contribution in [1.29, 1.82) is 5.26 Å². The lowest BCUT2D eigenvalue weighted by Crippen LogP contribution is -2.25. The lowest BCUT2D eigenvalue weighted by atomic mass is 10.5. The van der Waals surface area contributed by atoms with Crippen LogP contribution in [-0.2, 0) is 7.05 Å². The predicted molar refractivity (Wildman–Crippen MR) is 55.3 cm³/mol. The molecule has 1 rings (SSSR count). The molecule has 0 atom stereocenters. The number of carbonyl (C=O) groups is 1. The third-order valence-corrected chi connectivity index (χ3v) is 2.33. The molecule has 7 heteroatoms.